The molecule has 0 aromatic heterocycles. The van der Waals surface area contributed by atoms with E-state index in [1.54, 1.807) is 21.9 Å². The van der Waals surface area contributed by atoms with E-state index in [0.717, 1.165) is 18.4 Å². The van der Waals surface area contributed by atoms with Crippen LogP contribution in [-0.4, -0.2) is 29.0 Å². The van der Waals surface area contributed by atoms with Gasteiger partial charge in [0.25, 0.3) is 5.91 Å². The highest BCUT2D eigenvalue weighted by Crippen LogP contribution is 2.55. The van der Waals surface area contributed by atoms with E-state index < -0.39 is 10.7 Å². The Kier molecular flexibility index (Phi) is 4.18. The number of nitrogens with zero attached hydrogens (tertiary/aromatic N) is 2. The average Bonchev–Trinajstić information content (AvgIpc) is 3.40. The molecule has 1 atom stereocenters. The quantitative estimate of drug-likeness (QED) is 0.754. The van der Waals surface area contributed by atoms with Crippen LogP contribution in [0.4, 0.5) is 10.1 Å². The highest BCUT2D eigenvalue weighted by atomic mass is 35.5. The molecule has 1 saturated carbocycles. The van der Waals surface area contributed by atoms with Crippen molar-refractivity contribution in [2.45, 2.75) is 24.3 Å². The van der Waals surface area contributed by atoms with Gasteiger partial charge in [-0.15, -0.1) is 11.8 Å². The minimum atomic E-state index is -1.17. The lowest BCUT2D eigenvalue weighted by molar-refractivity contribution is -0.141. The molecule has 2 heterocycles. The molecule has 28 heavy (non-hydrogen) atoms. The molecule has 2 amide bonds. The highest BCUT2D eigenvalue weighted by Gasteiger charge is 2.60. The summed E-state index contributed by atoms with van der Waals surface area (Å²) in [6.45, 7) is 0.784. The van der Waals surface area contributed by atoms with Gasteiger partial charge in [-0.1, -0.05) is 29.8 Å². The fourth-order valence-corrected chi connectivity index (χ4v) is 5.77. The van der Waals surface area contributed by atoms with Gasteiger partial charge < -0.3 is 9.80 Å². The van der Waals surface area contributed by atoms with Gasteiger partial charge in [0.2, 0.25) is 5.91 Å². The van der Waals surface area contributed by atoms with Crippen LogP contribution in [-0.2, 0) is 21.0 Å². The third-order valence-electron chi connectivity index (χ3n) is 5.63. The molecule has 2 aromatic rings. The molecule has 0 unspecified atom stereocenters. The van der Waals surface area contributed by atoms with Crippen molar-refractivity contribution in [3.05, 3.63) is 64.4 Å². The zero-order chi connectivity index (χ0) is 19.5. The molecule has 3 aliphatic rings. The van der Waals surface area contributed by atoms with Crippen molar-refractivity contribution in [2.75, 3.05) is 17.2 Å². The fraction of sp³-hybridized carbons (Fsp3) is 0.333. The molecule has 7 heteroatoms. The Bertz CT molecular complexity index is 996. The number of amides is 2. The molecule has 4 nitrogen and oxygen atoms in total. The van der Waals surface area contributed by atoms with E-state index in [9.17, 15) is 14.0 Å². The highest BCUT2D eigenvalue weighted by molar-refractivity contribution is 8.01. The molecule has 1 spiro atoms. The molecule has 1 saturated heterocycles. The Balaban J connectivity index is 1.61. The lowest BCUT2D eigenvalue weighted by Crippen LogP contribution is -2.50. The van der Waals surface area contributed by atoms with Gasteiger partial charge in [0.05, 0.1) is 12.2 Å². The van der Waals surface area contributed by atoms with Crippen LogP contribution < -0.4 is 4.90 Å². The number of rotatable bonds is 3. The summed E-state index contributed by atoms with van der Waals surface area (Å²) in [5.74, 6) is 0.0626. The third-order valence-corrected chi connectivity index (χ3v) is 7.42. The number of carbonyl (C=O) groups excluding carboxylic acids is 2. The summed E-state index contributed by atoms with van der Waals surface area (Å²) in [7, 11) is 0. The molecule has 5 rings (SSSR count). The lowest BCUT2D eigenvalue weighted by atomic mass is 10.0. The summed E-state index contributed by atoms with van der Waals surface area (Å²) in [4.78, 5) is 28.8. The Morgan fingerprint density at radius 2 is 2.04 bits per heavy atom. The first-order chi connectivity index (χ1) is 13.5. The summed E-state index contributed by atoms with van der Waals surface area (Å²) >= 11 is 7.74. The van der Waals surface area contributed by atoms with Crippen LogP contribution in [0.15, 0.2) is 42.5 Å². The van der Waals surface area contributed by atoms with E-state index in [1.807, 2.05) is 18.2 Å². The maximum Gasteiger partial charge on any atom is 0.268 e. The van der Waals surface area contributed by atoms with Gasteiger partial charge in [0, 0.05) is 28.8 Å². The van der Waals surface area contributed by atoms with Crippen LogP contribution in [0.1, 0.15) is 24.0 Å². The van der Waals surface area contributed by atoms with Crippen molar-refractivity contribution in [1.82, 2.24) is 4.90 Å². The molecule has 2 aromatic carbocycles. The maximum absolute atomic E-state index is 14.2. The smallest absolute Gasteiger partial charge is 0.268 e. The van der Waals surface area contributed by atoms with E-state index in [-0.39, 0.29) is 24.3 Å². The lowest BCUT2D eigenvalue weighted by Gasteiger charge is -2.33. The predicted octanol–water partition coefficient (Wildman–Crippen LogP) is 4.16. The zero-order valence-electron chi connectivity index (χ0n) is 15.0. The number of halogens is 2. The topological polar surface area (TPSA) is 40.6 Å². The number of fused-ring (bicyclic) bond motifs is 2. The van der Waals surface area contributed by atoms with Crippen molar-refractivity contribution >= 4 is 40.9 Å². The van der Waals surface area contributed by atoms with E-state index in [1.165, 1.54) is 23.9 Å². The van der Waals surface area contributed by atoms with Crippen LogP contribution in [0, 0.1) is 11.7 Å². The number of thioether (sulfide) groups is 1. The van der Waals surface area contributed by atoms with Crippen molar-refractivity contribution in [3.8, 4) is 0 Å². The van der Waals surface area contributed by atoms with Crippen LogP contribution in [0.25, 0.3) is 0 Å². The molecule has 2 aliphatic heterocycles. The van der Waals surface area contributed by atoms with E-state index in [4.69, 9.17) is 11.6 Å². The van der Waals surface area contributed by atoms with E-state index >= 15 is 0 Å². The summed E-state index contributed by atoms with van der Waals surface area (Å²) in [5, 5.41) is 0.574. The summed E-state index contributed by atoms with van der Waals surface area (Å²) < 4.78 is 14.2. The third kappa shape index (κ3) is 2.58. The largest absolute Gasteiger partial charge is 0.315 e. The van der Waals surface area contributed by atoms with Gasteiger partial charge >= 0.3 is 0 Å². The van der Waals surface area contributed by atoms with Gasteiger partial charge in [0.1, 0.15) is 5.82 Å². The SMILES string of the molecule is O=C(C1CC1)N1CCS[C@@]12C(=O)N(Cc1ccccc1Cl)c1ccc(F)cc12. The number of anilines is 1. The Morgan fingerprint density at radius 3 is 2.79 bits per heavy atom. The van der Waals surface area contributed by atoms with Crippen LogP contribution >= 0.6 is 23.4 Å². The van der Waals surface area contributed by atoms with Gasteiger partial charge in [-0.2, -0.15) is 0 Å². The number of carbonyl (C=O) groups is 2. The molecular weight excluding hydrogens is 399 g/mol. The summed E-state index contributed by atoms with van der Waals surface area (Å²) in [6.07, 6.45) is 1.73. The first-order valence-corrected chi connectivity index (χ1v) is 10.7. The first kappa shape index (κ1) is 18.0. The van der Waals surface area contributed by atoms with Crippen molar-refractivity contribution in [1.29, 1.82) is 0 Å². The fourth-order valence-electron chi connectivity index (χ4n) is 4.11. The standard InChI is InChI=1S/C21H18ClFN2O2S/c22-17-4-2-1-3-14(17)12-24-18-8-7-15(23)11-16(18)21(20(24)27)25(9-10-28-21)19(26)13-5-6-13/h1-4,7-8,11,13H,5-6,9-10,12H2/t21-/m0/s1. The predicted molar refractivity (Wildman–Crippen MR) is 108 cm³/mol. The molecule has 0 N–H and O–H groups in total. The number of benzene rings is 2. The molecule has 144 valence electrons. The average molecular weight is 417 g/mol. The van der Waals surface area contributed by atoms with Crippen molar-refractivity contribution < 1.29 is 14.0 Å². The number of hydrogen-bond acceptors (Lipinski definition) is 3. The first-order valence-electron chi connectivity index (χ1n) is 9.33. The van der Waals surface area contributed by atoms with Gasteiger partial charge in [-0.3, -0.25) is 9.59 Å². The minimum Gasteiger partial charge on any atom is -0.315 e. The van der Waals surface area contributed by atoms with Gasteiger partial charge in [-0.05, 0) is 42.7 Å². The Hall–Kier alpha value is -2.05. The van der Waals surface area contributed by atoms with E-state index in [2.05, 4.69) is 0 Å². The molecule has 0 radical (unpaired) electrons. The van der Waals surface area contributed by atoms with Gasteiger partial charge in [0.15, 0.2) is 4.87 Å². The molecule has 1 aliphatic carbocycles. The van der Waals surface area contributed by atoms with Crippen molar-refractivity contribution in [3.63, 3.8) is 0 Å². The number of hydrogen-bond donors (Lipinski definition) is 0. The minimum absolute atomic E-state index is 0.00185. The summed E-state index contributed by atoms with van der Waals surface area (Å²) in [5.41, 5.74) is 2.03. The molecular formula is C21H18ClFN2O2S. The van der Waals surface area contributed by atoms with Crippen LogP contribution in [0.3, 0.4) is 0 Å². The Morgan fingerprint density at radius 1 is 1.25 bits per heavy atom. The Labute approximate surface area is 171 Å². The monoisotopic (exact) mass is 416 g/mol. The molecule has 2 fully saturated rings. The van der Waals surface area contributed by atoms with E-state index in [0.29, 0.717) is 28.6 Å². The second kappa shape index (κ2) is 6.49. The zero-order valence-corrected chi connectivity index (χ0v) is 16.6. The second-order valence-corrected chi connectivity index (χ2v) is 9.10. The second-order valence-electron chi connectivity index (χ2n) is 7.40. The normalized spacial score (nSPS) is 23.6. The van der Waals surface area contributed by atoms with Gasteiger partial charge in [-0.25, -0.2) is 4.39 Å². The van der Waals surface area contributed by atoms with Crippen LogP contribution in [0.2, 0.25) is 5.02 Å². The van der Waals surface area contributed by atoms with Crippen LogP contribution in [0.5, 0.6) is 0 Å². The maximum atomic E-state index is 14.2. The summed E-state index contributed by atoms with van der Waals surface area (Å²) in [6, 6.07) is 11.8. The van der Waals surface area contributed by atoms with Crippen molar-refractivity contribution in [2.24, 2.45) is 5.92 Å². The molecule has 0 bridgehead atoms.